The molecule has 0 amide bonds. The van der Waals surface area contributed by atoms with Crippen LogP contribution in [0.2, 0.25) is 0 Å². The average Bonchev–Trinajstić information content (AvgIpc) is 3.04. The Bertz CT molecular complexity index is 999. The van der Waals surface area contributed by atoms with E-state index < -0.39 is 53.6 Å². The number of carboxylic acids is 1. The van der Waals surface area contributed by atoms with E-state index in [0.717, 1.165) is 5.57 Å². The van der Waals surface area contributed by atoms with Crippen molar-refractivity contribution < 1.29 is 68.5 Å². The molecule has 0 saturated heterocycles. The molecule has 8 nitrogen and oxygen atoms in total. The van der Waals surface area contributed by atoms with Crippen molar-refractivity contribution in [3.05, 3.63) is 23.8 Å². The van der Waals surface area contributed by atoms with E-state index in [2.05, 4.69) is 0 Å². The fourth-order valence-corrected chi connectivity index (χ4v) is 7.28. The number of rotatable bonds is 6. The van der Waals surface area contributed by atoms with Crippen molar-refractivity contribution in [3.63, 3.8) is 0 Å². The van der Waals surface area contributed by atoms with E-state index in [-0.39, 0.29) is 71.7 Å². The molecule has 0 bridgehead atoms. The average molecular weight is 480 g/mol. The molecule has 3 fully saturated rings. The van der Waals surface area contributed by atoms with Crippen LogP contribution in [0, 0.1) is 28.6 Å². The second-order valence-electron chi connectivity index (χ2n) is 10.3. The van der Waals surface area contributed by atoms with Crippen LogP contribution in [0.1, 0.15) is 58.8 Å². The Morgan fingerprint density at radius 2 is 1.88 bits per heavy atom. The minimum absolute atomic E-state index is 0. The monoisotopic (exact) mass is 480 g/mol. The molecule has 0 radical (unpaired) electrons. The largest absolute Gasteiger partial charge is 1.00 e. The molecule has 4 aliphatic carbocycles. The molecule has 0 spiro atoms. The molecule has 9 heteroatoms. The molecule has 0 aliphatic heterocycles. The Morgan fingerprint density at radius 1 is 1.18 bits per heavy atom. The molecule has 4 aliphatic rings. The second-order valence-corrected chi connectivity index (χ2v) is 10.3. The van der Waals surface area contributed by atoms with Crippen LogP contribution in [0.25, 0.3) is 0 Å². The van der Waals surface area contributed by atoms with Crippen LogP contribution < -0.4 is 34.7 Å². The number of hydrogen-bond acceptors (Lipinski definition) is 8. The second kappa shape index (κ2) is 9.45. The van der Waals surface area contributed by atoms with Crippen LogP contribution >= 0.6 is 0 Å². The molecule has 0 aromatic carbocycles. The maximum absolute atomic E-state index is 13.7. The van der Waals surface area contributed by atoms with Crippen LogP contribution in [-0.4, -0.2) is 46.6 Å². The first-order chi connectivity index (χ1) is 15.5. The van der Waals surface area contributed by atoms with Gasteiger partial charge in [-0.15, -0.1) is 0 Å². The molecule has 4 rings (SSSR count). The fourth-order valence-electron chi connectivity index (χ4n) is 7.28. The van der Waals surface area contributed by atoms with Crippen molar-refractivity contribution in [3.8, 4) is 0 Å². The van der Waals surface area contributed by atoms with Crippen molar-refractivity contribution in [1.82, 2.24) is 0 Å². The van der Waals surface area contributed by atoms with Crippen LogP contribution in [0.4, 0.5) is 0 Å². The van der Waals surface area contributed by atoms with E-state index in [0.29, 0.717) is 19.3 Å². The van der Waals surface area contributed by atoms with E-state index in [1.54, 1.807) is 13.0 Å². The van der Waals surface area contributed by atoms with Crippen LogP contribution in [0.15, 0.2) is 23.8 Å². The summed E-state index contributed by atoms with van der Waals surface area (Å²) in [6, 6.07) is 0. The van der Waals surface area contributed by atoms with E-state index in [1.165, 1.54) is 6.08 Å². The van der Waals surface area contributed by atoms with Gasteiger partial charge in [-0.2, -0.15) is 0 Å². The zero-order chi connectivity index (χ0) is 24.2. The summed E-state index contributed by atoms with van der Waals surface area (Å²) in [5.74, 6) is -3.55. The number of carbonyl (C=O) groups excluding carboxylic acids is 5. The first-order valence-corrected chi connectivity index (χ1v) is 11.5. The number of carbonyl (C=O) groups is 5. The van der Waals surface area contributed by atoms with E-state index in [4.69, 9.17) is 4.74 Å². The number of esters is 1. The summed E-state index contributed by atoms with van der Waals surface area (Å²) in [4.78, 5) is 61.9. The van der Waals surface area contributed by atoms with Gasteiger partial charge < -0.3 is 19.7 Å². The van der Waals surface area contributed by atoms with Crippen molar-refractivity contribution >= 4 is 29.3 Å². The zero-order valence-corrected chi connectivity index (χ0v) is 21.9. The summed E-state index contributed by atoms with van der Waals surface area (Å²) in [5, 5.41) is 20.5. The maximum atomic E-state index is 13.7. The number of aliphatic carboxylic acids is 1. The molecule has 3 saturated carbocycles. The zero-order valence-electron chi connectivity index (χ0n) is 19.9. The van der Waals surface area contributed by atoms with Crippen molar-refractivity contribution in [2.24, 2.45) is 28.6 Å². The molecular formula is C25H29NaO8. The summed E-state index contributed by atoms with van der Waals surface area (Å²) < 4.78 is 5.69. The molecule has 0 unspecified atom stereocenters. The third-order valence-corrected chi connectivity index (χ3v) is 8.79. The van der Waals surface area contributed by atoms with E-state index in [1.807, 2.05) is 13.0 Å². The first-order valence-electron chi connectivity index (χ1n) is 11.5. The Morgan fingerprint density at radius 3 is 2.53 bits per heavy atom. The number of Topliss-reactive ketones (excluding diaryl/α,β-unsaturated/α-hetero) is 2. The number of aliphatic hydroxyl groups excluding tert-OH is 1. The Hall–Kier alpha value is -1.61. The summed E-state index contributed by atoms with van der Waals surface area (Å²) in [6.45, 7) is 2.93. The predicted octanol–water partition coefficient (Wildman–Crippen LogP) is -2.15. The van der Waals surface area contributed by atoms with Gasteiger partial charge in [-0.1, -0.05) is 25.5 Å². The topological polar surface area (TPSA) is 138 Å². The molecule has 0 heterocycles. The number of carboxylic acid groups (broad SMARTS) is 1. The number of fused-ring (bicyclic) bond motifs is 5. The normalized spacial score (nSPS) is 38.1. The summed E-state index contributed by atoms with van der Waals surface area (Å²) in [7, 11) is 0. The minimum Gasteiger partial charge on any atom is -0.550 e. The summed E-state index contributed by atoms with van der Waals surface area (Å²) in [6.07, 6.45) is 6.06. The molecule has 6 atom stereocenters. The molecule has 0 aromatic rings. The van der Waals surface area contributed by atoms with Crippen molar-refractivity contribution in [1.29, 1.82) is 0 Å². The van der Waals surface area contributed by atoms with E-state index >= 15 is 0 Å². The fraction of sp³-hybridized carbons (Fsp3) is 0.640. The minimum atomic E-state index is -1.68. The Labute approximate surface area is 220 Å². The van der Waals surface area contributed by atoms with Crippen LogP contribution in [-0.2, 0) is 28.7 Å². The van der Waals surface area contributed by atoms with Gasteiger partial charge in [0.25, 0.3) is 0 Å². The molecular weight excluding hydrogens is 451 g/mol. The number of ketones is 3. The maximum Gasteiger partial charge on any atom is 1.00 e. The number of hydrogen-bond donors (Lipinski definition) is 1. The first kappa shape index (κ1) is 27.0. The number of ether oxygens (including phenoxy) is 1. The smallest absolute Gasteiger partial charge is 0.550 e. The Kier molecular flexibility index (Phi) is 7.50. The number of aliphatic hydroxyl groups is 1. The summed E-state index contributed by atoms with van der Waals surface area (Å²) >= 11 is 0. The number of allylic oxidation sites excluding steroid dienone is 4. The van der Waals surface area contributed by atoms with Gasteiger partial charge in [0, 0.05) is 29.1 Å². The van der Waals surface area contributed by atoms with Gasteiger partial charge in [-0.05, 0) is 56.1 Å². The van der Waals surface area contributed by atoms with Crippen molar-refractivity contribution in [2.45, 2.75) is 64.4 Å². The van der Waals surface area contributed by atoms with Crippen molar-refractivity contribution in [2.75, 3.05) is 6.61 Å². The van der Waals surface area contributed by atoms with Crippen LogP contribution in [0.5, 0.6) is 0 Å². The third-order valence-electron chi connectivity index (χ3n) is 8.79. The summed E-state index contributed by atoms with van der Waals surface area (Å²) in [5.41, 5.74) is -2.29. The van der Waals surface area contributed by atoms with E-state index in [9.17, 15) is 34.2 Å². The standard InChI is InChI=1S/C25H30O8.Na/c1-23-9-7-15(27)11-14(23)3-4-16-17-8-10-25(19(29)13-26,33-21(32)6-5-20(30)31)24(17,2)12-18(28)22(16)23;/h7,9,11,16-17,22,26H,3-6,8,10,12-13H2,1-2H3,(H,30,31);/q;+1/p-1/t16-,17-,22+,23-,24-,25-;/m0./s1. The van der Waals surface area contributed by atoms with Gasteiger partial charge in [0.15, 0.2) is 11.4 Å². The molecule has 0 aromatic heterocycles. The molecule has 178 valence electrons. The van der Waals surface area contributed by atoms with Gasteiger partial charge in [0.1, 0.15) is 12.4 Å². The van der Waals surface area contributed by atoms with Gasteiger partial charge in [-0.25, -0.2) is 0 Å². The SMILES string of the molecule is C[C@]12C=CC(=O)C=C1CC[C@@H]1[C@@H]2C(=O)C[C@@]2(C)[C@H]1CC[C@]2(OC(=O)CCC(=O)[O-])C(=O)CO.[Na+]. The van der Waals surface area contributed by atoms with Gasteiger partial charge in [0.2, 0.25) is 5.78 Å². The van der Waals surface area contributed by atoms with Gasteiger partial charge in [-0.3, -0.25) is 19.2 Å². The molecule has 1 N–H and O–H groups in total. The quantitative estimate of drug-likeness (QED) is 0.336. The van der Waals surface area contributed by atoms with Gasteiger partial charge in [0.05, 0.1) is 6.42 Å². The van der Waals surface area contributed by atoms with Gasteiger partial charge >= 0.3 is 35.5 Å². The Balaban J connectivity index is 0.00000324. The molecule has 34 heavy (non-hydrogen) atoms. The third kappa shape index (κ3) is 3.96. The van der Waals surface area contributed by atoms with Crippen LogP contribution in [0.3, 0.4) is 0 Å². The predicted molar refractivity (Wildman–Crippen MR) is 112 cm³/mol.